The first-order valence-electron chi connectivity index (χ1n) is 11.3. The number of ether oxygens (including phenoxy) is 1. The van der Waals surface area contributed by atoms with E-state index in [0.29, 0.717) is 28.3 Å². The minimum absolute atomic E-state index is 0.111. The quantitative estimate of drug-likeness (QED) is 0.270. The highest BCUT2D eigenvalue weighted by Crippen LogP contribution is 2.25. The van der Waals surface area contributed by atoms with E-state index >= 15 is 0 Å². The molecule has 0 saturated carbocycles. The minimum atomic E-state index is -4.76. The number of carbonyl (C=O) groups excluding carboxylic acids is 1. The van der Waals surface area contributed by atoms with E-state index in [1.54, 1.807) is 12.1 Å². The summed E-state index contributed by atoms with van der Waals surface area (Å²) in [7, 11) is 0. The molecule has 0 aliphatic rings. The molecule has 1 aromatic carbocycles. The van der Waals surface area contributed by atoms with Gasteiger partial charge in [0.2, 0.25) is 0 Å². The highest BCUT2D eigenvalue weighted by atomic mass is 19.4. The molecule has 0 bridgehead atoms. The van der Waals surface area contributed by atoms with Crippen molar-refractivity contribution in [1.29, 1.82) is 0 Å². The lowest BCUT2D eigenvalue weighted by Crippen LogP contribution is -2.27. The zero-order valence-corrected chi connectivity index (χ0v) is 20.9. The number of aliphatic hydroxyl groups excluding tert-OH is 1. The fourth-order valence-electron chi connectivity index (χ4n) is 2.40. The van der Waals surface area contributed by atoms with Crippen LogP contribution in [0.4, 0.5) is 24.7 Å². The van der Waals surface area contributed by atoms with Gasteiger partial charge in [-0.2, -0.15) is 0 Å². The lowest BCUT2D eigenvalue weighted by atomic mass is 10.1. The average Bonchev–Trinajstić information content (AvgIpc) is 2.87. The van der Waals surface area contributed by atoms with Crippen LogP contribution in [0.2, 0.25) is 0 Å². The van der Waals surface area contributed by atoms with Gasteiger partial charge in [-0.3, -0.25) is 4.79 Å². The predicted molar refractivity (Wildman–Crippen MR) is 137 cm³/mol. The van der Waals surface area contributed by atoms with Gasteiger partial charge in [-0.1, -0.05) is 46.4 Å². The van der Waals surface area contributed by atoms with Crippen LogP contribution in [-0.2, 0) is 4.79 Å². The molecule has 0 atom stereocenters. The molecular formula is C25H34F3N5O3. The molecule has 0 aliphatic heterocycles. The third-order valence-electron chi connectivity index (χ3n) is 3.82. The molecule has 5 N–H and O–H groups in total. The molecule has 1 amide bonds. The molecule has 198 valence electrons. The van der Waals surface area contributed by atoms with E-state index in [1.807, 2.05) is 27.7 Å². The van der Waals surface area contributed by atoms with Crippen molar-refractivity contribution < 1.29 is 27.8 Å². The number of amides is 1. The number of nitrogens with one attached hydrogen (secondary N) is 2. The predicted octanol–water partition coefficient (Wildman–Crippen LogP) is 4.73. The van der Waals surface area contributed by atoms with Gasteiger partial charge in [-0.15, -0.1) is 13.2 Å². The SMILES string of the molecule is C=C(/C=C\C(=C/CN)C(=O)NCCO)c1cc(Nc2ccc(OC(F)(F)F)cc2)ncn1.CC.CC. The van der Waals surface area contributed by atoms with Gasteiger partial charge in [0, 0.05) is 30.4 Å². The molecule has 0 saturated heterocycles. The topological polar surface area (TPSA) is 122 Å². The maximum absolute atomic E-state index is 12.3. The summed E-state index contributed by atoms with van der Waals surface area (Å²) in [5, 5.41) is 14.3. The molecule has 0 fully saturated rings. The van der Waals surface area contributed by atoms with Gasteiger partial charge in [0.25, 0.3) is 5.91 Å². The number of benzene rings is 1. The van der Waals surface area contributed by atoms with Crippen LogP contribution in [0.15, 0.2) is 67.0 Å². The molecule has 2 aromatic rings. The summed E-state index contributed by atoms with van der Waals surface area (Å²) >= 11 is 0. The van der Waals surface area contributed by atoms with E-state index in [4.69, 9.17) is 10.8 Å². The Morgan fingerprint density at radius 1 is 1.14 bits per heavy atom. The van der Waals surface area contributed by atoms with Gasteiger partial charge in [-0.05, 0) is 35.9 Å². The summed E-state index contributed by atoms with van der Waals surface area (Å²) in [6, 6.07) is 6.75. The Labute approximate surface area is 209 Å². The number of carbonyl (C=O) groups is 1. The number of allylic oxidation sites excluding steroid dienone is 2. The monoisotopic (exact) mass is 509 g/mol. The van der Waals surface area contributed by atoms with Gasteiger partial charge >= 0.3 is 6.36 Å². The Hall–Kier alpha value is -3.70. The van der Waals surface area contributed by atoms with Crippen molar-refractivity contribution in [3.05, 3.63) is 72.7 Å². The number of alkyl halides is 3. The first kappa shape index (κ1) is 32.3. The Morgan fingerprint density at radius 3 is 2.33 bits per heavy atom. The minimum Gasteiger partial charge on any atom is -0.406 e. The highest BCUT2D eigenvalue weighted by Gasteiger charge is 2.30. The second kappa shape index (κ2) is 17.7. The standard InChI is InChI=1S/C21H22F3N5O3.2C2H6/c1-14(2-3-15(8-9-25)20(31)26-10-11-30)18-12-19(28-13-27-18)29-16-4-6-17(7-5-16)32-21(22,23)24;2*1-2/h2-8,12-13,30H,1,9-11,25H2,(H,26,31)(H,27,28,29);2*1-2H3/b3-2-,15-8+;;. The van der Waals surface area contributed by atoms with Crippen LogP contribution in [0.25, 0.3) is 5.57 Å². The molecular weight excluding hydrogens is 475 g/mol. The molecule has 0 spiro atoms. The normalized spacial score (nSPS) is 11.0. The number of aliphatic hydroxyl groups is 1. The van der Waals surface area contributed by atoms with Gasteiger partial charge < -0.3 is 26.2 Å². The number of anilines is 2. The van der Waals surface area contributed by atoms with E-state index in [-0.39, 0.29) is 25.4 Å². The molecule has 11 heteroatoms. The maximum Gasteiger partial charge on any atom is 0.573 e. The lowest BCUT2D eigenvalue weighted by molar-refractivity contribution is -0.274. The van der Waals surface area contributed by atoms with E-state index < -0.39 is 12.3 Å². The van der Waals surface area contributed by atoms with E-state index in [2.05, 4.69) is 31.9 Å². The van der Waals surface area contributed by atoms with Crippen molar-refractivity contribution in [2.24, 2.45) is 5.73 Å². The summed E-state index contributed by atoms with van der Waals surface area (Å²) in [5.74, 6) is -0.349. The van der Waals surface area contributed by atoms with Gasteiger partial charge in [0.1, 0.15) is 17.9 Å². The van der Waals surface area contributed by atoms with Gasteiger partial charge in [-0.25, -0.2) is 9.97 Å². The van der Waals surface area contributed by atoms with Crippen molar-refractivity contribution in [3.8, 4) is 5.75 Å². The van der Waals surface area contributed by atoms with Crippen LogP contribution < -0.4 is 21.1 Å². The van der Waals surface area contributed by atoms with Crippen molar-refractivity contribution in [3.63, 3.8) is 0 Å². The van der Waals surface area contributed by atoms with Crippen molar-refractivity contribution in [2.45, 2.75) is 34.1 Å². The maximum atomic E-state index is 12.3. The number of nitrogens with zero attached hydrogens (tertiary/aromatic N) is 2. The number of aromatic nitrogens is 2. The number of rotatable bonds is 10. The molecule has 0 aliphatic carbocycles. The summed E-state index contributed by atoms with van der Waals surface area (Å²) in [4.78, 5) is 20.3. The van der Waals surface area contributed by atoms with Crippen LogP contribution >= 0.6 is 0 Å². The molecule has 0 radical (unpaired) electrons. The van der Waals surface area contributed by atoms with Crippen LogP contribution in [0.1, 0.15) is 33.4 Å². The summed E-state index contributed by atoms with van der Waals surface area (Å²) in [6.07, 6.45) is 1.16. The Bertz CT molecular complexity index is 991. The molecule has 1 heterocycles. The molecule has 2 rings (SSSR count). The number of hydrogen-bond donors (Lipinski definition) is 4. The average molecular weight is 510 g/mol. The smallest absolute Gasteiger partial charge is 0.406 e. The number of halogens is 3. The summed E-state index contributed by atoms with van der Waals surface area (Å²) in [6.45, 7) is 12.0. The van der Waals surface area contributed by atoms with Crippen LogP contribution in [0.5, 0.6) is 5.75 Å². The first-order chi connectivity index (χ1) is 17.2. The highest BCUT2D eigenvalue weighted by molar-refractivity contribution is 5.96. The second-order valence-corrected chi connectivity index (χ2v) is 6.22. The fourth-order valence-corrected chi connectivity index (χ4v) is 2.40. The van der Waals surface area contributed by atoms with E-state index in [0.717, 1.165) is 0 Å². The zero-order valence-electron chi connectivity index (χ0n) is 20.9. The summed E-state index contributed by atoms with van der Waals surface area (Å²) in [5.41, 5.74) is 7.21. The van der Waals surface area contributed by atoms with Crippen LogP contribution in [-0.4, -0.2) is 47.0 Å². The van der Waals surface area contributed by atoms with Gasteiger partial charge in [0.05, 0.1) is 12.3 Å². The molecule has 8 nitrogen and oxygen atoms in total. The van der Waals surface area contributed by atoms with Crippen molar-refractivity contribution >= 4 is 23.0 Å². The molecule has 1 aromatic heterocycles. The van der Waals surface area contributed by atoms with Crippen LogP contribution in [0.3, 0.4) is 0 Å². The Kier molecular flexibility index (Phi) is 15.9. The third-order valence-corrected chi connectivity index (χ3v) is 3.82. The number of hydrogen-bond acceptors (Lipinski definition) is 7. The summed E-state index contributed by atoms with van der Waals surface area (Å²) < 4.78 is 40.6. The number of nitrogens with two attached hydrogens (primary N) is 1. The molecule has 36 heavy (non-hydrogen) atoms. The van der Waals surface area contributed by atoms with Crippen molar-refractivity contribution in [2.75, 3.05) is 25.0 Å². The van der Waals surface area contributed by atoms with E-state index in [1.165, 1.54) is 42.7 Å². The molecule has 0 unspecified atom stereocenters. The fraction of sp³-hybridized carbons (Fsp3) is 0.320. The van der Waals surface area contributed by atoms with Crippen LogP contribution in [0, 0.1) is 0 Å². The Morgan fingerprint density at radius 2 is 1.78 bits per heavy atom. The first-order valence-corrected chi connectivity index (χ1v) is 11.3. The van der Waals surface area contributed by atoms with Crippen molar-refractivity contribution in [1.82, 2.24) is 15.3 Å². The van der Waals surface area contributed by atoms with Gasteiger partial charge in [0.15, 0.2) is 0 Å². The largest absolute Gasteiger partial charge is 0.573 e. The second-order valence-electron chi connectivity index (χ2n) is 6.22. The lowest BCUT2D eigenvalue weighted by Gasteiger charge is -2.10. The Balaban J connectivity index is 0.00000291. The third kappa shape index (κ3) is 12.7. The van der Waals surface area contributed by atoms with E-state index in [9.17, 15) is 18.0 Å². The zero-order chi connectivity index (χ0) is 27.6.